The van der Waals surface area contributed by atoms with Crippen molar-refractivity contribution in [3.63, 3.8) is 0 Å². The molecule has 1 aromatic rings. The molecule has 0 bridgehead atoms. The van der Waals surface area contributed by atoms with Gasteiger partial charge in [-0.15, -0.1) is 0 Å². The summed E-state index contributed by atoms with van der Waals surface area (Å²) in [7, 11) is 0. The van der Waals surface area contributed by atoms with Gasteiger partial charge in [-0.05, 0) is 30.5 Å². The fraction of sp³-hybridized carbons (Fsp3) is 0.385. The molecule has 0 saturated carbocycles. The van der Waals surface area contributed by atoms with E-state index >= 15 is 0 Å². The Hall–Kier alpha value is -1.69. The Balaban J connectivity index is 3.14. The predicted octanol–water partition coefficient (Wildman–Crippen LogP) is 3.11. The van der Waals surface area contributed by atoms with E-state index in [1.807, 2.05) is 6.07 Å². The second-order valence-electron chi connectivity index (χ2n) is 4.17. The highest BCUT2D eigenvalue weighted by Crippen LogP contribution is 2.20. The van der Waals surface area contributed by atoms with Crippen molar-refractivity contribution >= 4 is 5.78 Å². The molecule has 1 atom stereocenters. The van der Waals surface area contributed by atoms with Crippen molar-refractivity contribution in [2.45, 2.75) is 20.8 Å². The summed E-state index contributed by atoms with van der Waals surface area (Å²) in [4.78, 5) is 12.0. The molecule has 0 amide bonds. The maximum atomic E-state index is 13.0. The molecule has 0 aliphatic rings. The summed E-state index contributed by atoms with van der Waals surface area (Å²) in [6.07, 6.45) is 0. The van der Waals surface area contributed by atoms with Crippen LogP contribution >= 0.6 is 0 Å². The number of rotatable bonds is 3. The first-order chi connectivity index (χ1) is 7.47. The van der Waals surface area contributed by atoms with Crippen LogP contribution in [0.1, 0.15) is 29.8 Å². The lowest BCUT2D eigenvalue weighted by Gasteiger charge is -2.13. The van der Waals surface area contributed by atoms with Gasteiger partial charge in [0.2, 0.25) is 0 Å². The number of aryl methyl sites for hydroxylation is 1. The Morgan fingerprint density at radius 3 is 2.56 bits per heavy atom. The van der Waals surface area contributed by atoms with Crippen LogP contribution in [0.3, 0.4) is 0 Å². The number of nitriles is 1. The molecule has 84 valence electrons. The third-order valence-electron chi connectivity index (χ3n) is 2.55. The van der Waals surface area contributed by atoms with Crippen LogP contribution in [0, 0.1) is 35.9 Å². The molecule has 3 heteroatoms. The Morgan fingerprint density at radius 2 is 2.06 bits per heavy atom. The summed E-state index contributed by atoms with van der Waals surface area (Å²) >= 11 is 0. The lowest BCUT2D eigenvalue weighted by atomic mass is 9.87. The van der Waals surface area contributed by atoms with E-state index in [2.05, 4.69) is 0 Å². The van der Waals surface area contributed by atoms with Gasteiger partial charge in [0.25, 0.3) is 0 Å². The zero-order valence-corrected chi connectivity index (χ0v) is 9.62. The van der Waals surface area contributed by atoms with Gasteiger partial charge in [0.05, 0.1) is 6.07 Å². The highest BCUT2D eigenvalue weighted by atomic mass is 19.1. The molecule has 0 saturated heterocycles. The van der Waals surface area contributed by atoms with Crippen LogP contribution in [-0.2, 0) is 0 Å². The molecule has 2 nitrogen and oxygen atoms in total. The molecule has 16 heavy (non-hydrogen) atoms. The van der Waals surface area contributed by atoms with Gasteiger partial charge < -0.3 is 0 Å². The Labute approximate surface area is 94.7 Å². The normalized spacial score (nSPS) is 12.2. The highest BCUT2D eigenvalue weighted by Gasteiger charge is 2.24. The van der Waals surface area contributed by atoms with E-state index in [0.29, 0.717) is 11.1 Å². The lowest BCUT2D eigenvalue weighted by Crippen LogP contribution is -2.19. The molecule has 0 aliphatic heterocycles. The summed E-state index contributed by atoms with van der Waals surface area (Å²) in [6, 6.07) is 6.03. The molecule has 0 radical (unpaired) electrons. The topological polar surface area (TPSA) is 40.9 Å². The monoisotopic (exact) mass is 219 g/mol. The fourth-order valence-corrected chi connectivity index (χ4v) is 1.54. The van der Waals surface area contributed by atoms with E-state index in [0.717, 1.165) is 0 Å². The van der Waals surface area contributed by atoms with Crippen molar-refractivity contribution in [2.75, 3.05) is 0 Å². The van der Waals surface area contributed by atoms with Crippen LogP contribution in [0.4, 0.5) is 4.39 Å². The molecule has 0 heterocycles. The maximum absolute atomic E-state index is 13.0. The number of carbonyl (C=O) groups excluding carboxylic acids is 1. The average molecular weight is 219 g/mol. The van der Waals surface area contributed by atoms with Crippen molar-refractivity contribution in [1.29, 1.82) is 5.26 Å². The van der Waals surface area contributed by atoms with Crippen molar-refractivity contribution in [3.8, 4) is 6.07 Å². The van der Waals surface area contributed by atoms with Gasteiger partial charge in [0.1, 0.15) is 11.7 Å². The van der Waals surface area contributed by atoms with Crippen LogP contribution in [0.15, 0.2) is 18.2 Å². The van der Waals surface area contributed by atoms with E-state index in [1.54, 1.807) is 26.8 Å². The zero-order valence-electron chi connectivity index (χ0n) is 9.62. The minimum Gasteiger partial charge on any atom is -0.293 e. The van der Waals surface area contributed by atoms with Crippen LogP contribution in [0.2, 0.25) is 0 Å². The number of hydrogen-bond donors (Lipinski definition) is 0. The first kappa shape index (κ1) is 12.4. The molecule has 0 aliphatic carbocycles. The number of halogens is 1. The summed E-state index contributed by atoms with van der Waals surface area (Å²) in [6.45, 7) is 5.35. The number of nitrogens with zero attached hydrogens (tertiary/aromatic N) is 1. The van der Waals surface area contributed by atoms with E-state index < -0.39 is 11.7 Å². The Bertz CT molecular complexity index is 446. The van der Waals surface area contributed by atoms with Gasteiger partial charge in [0, 0.05) is 5.56 Å². The Morgan fingerprint density at radius 1 is 1.44 bits per heavy atom. The van der Waals surface area contributed by atoms with Gasteiger partial charge in [0.15, 0.2) is 5.78 Å². The van der Waals surface area contributed by atoms with Crippen molar-refractivity contribution < 1.29 is 9.18 Å². The van der Waals surface area contributed by atoms with Crippen molar-refractivity contribution in [2.24, 2.45) is 11.8 Å². The molecule has 0 fully saturated rings. The minimum atomic E-state index is -0.708. The maximum Gasteiger partial charge on any atom is 0.180 e. The standard InChI is InChI=1S/C13H14FNO/c1-8(2)12(7-15)13(16)11-6-10(14)5-4-9(11)3/h4-6,8,12H,1-3H3. The minimum absolute atomic E-state index is 0.0693. The molecule has 0 aromatic heterocycles. The van der Waals surface area contributed by atoms with Gasteiger partial charge in [-0.25, -0.2) is 4.39 Å². The van der Waals surface area contributed by atoms with Gasteiger partial charge >= 0.3 is 0 Å². The van der Waals surface area contributed by atoms with Crippen molar-refractivity contribution in [3.05, 3.63) is 35.1 Å². The molecule has 0 N–H and O–H groups in total. The average Bonchev–Trinajstić information content (AvgIpc) is 2.22. The van der Waals surface area contributed by atoms with Gasteiger partial charge in [-0.1, -0.05) is 19.9 Å². The molecule has 1 aromatic carbocycles. The van der Waals surface area contributed by atoms with Crippen LogP contribution < -0.4 is 0 Å². The third kappa shape index (κ3) is 2.46. The highest BCUT2D eigenvalue weighted by molar-refractivity contribution is 6.00. The van der Waals surface area contributed by atoms with E-state index in [9.17, 15) is 9.18 Å². The van der Waals surface area contributed by atoms with E-state index in [4.69, 9.17) is 5.26 Å². The summed E-state index contributed by atoms with van der Waals surface area (Å²) in [5.41, 5.74) is 1.01. The summed E-state index contributed by atoms with van der Waals surface area (Å²) in [5, 5.41) is 8.92. The zero-order chi connectivity index (χ0) is 12.3. The fourth-order valence-electron chi connectivity index (χ4n) is 1.54. The van der Waals surface area contributed by atoms with Crippen LogP contribution in [-0.4, -0.2) is 5.78 Å². The van der Waals surface area contributed by atoms with Gasteiger partial charge in [-0.3, -0.25) is 4.79 Å². The Kier molecular flexibility index (Phi) is 3.78. The molecular formula is C13H14FNO. The van der Waals surface area contributed by atoms with Crippen LogP contribution in [0.5, 0.6) is 0 Å². The predicted molar refractivity (Wildman–Crippen MR) is 59.4 cm³/mol. The number of hydrogen-bond acceptors (Lipinski definition) is 2. The van der Waals surface area contributed by atoms with E-state index in [-0.39, 0.29) is 11.7 Å². The molecular weight excluding hydrogens is 205 g/mol. The largest absolute Gasteiger partial charge is 0.293 e. The molecule has 0 spiro atoms. The molecule has 1 rings (SSSR count). The number of benzene rings is 1. The smallest absolute Gasteiger partial charge is 0.180 e. The first-order valence-corrected chi connectivity index (χ1v) is 5.17. The summed E-state index contributed by atoms with van der Waals surface area (Å²) < 4.78 is 13.0. The number of ketones is 1. The SMILES string of the molecule is Cc1ccc(F)cc1C(=O)C(C#N)C(C)C. The van der Waals surface area contributed by atoms with E-state index in [1.165, 1.54) is 12.1 Å². The molecule has 1 unspecified atom stereocenters. The number of carbonyl (C=O) groups is 1. The second kappa shape index (κ2) is 4.89. The lowest BCUT2D eigenvalue weighted by molar-refractivity contribution is 0.0923. The van der Waals surface area contributed by atoms with Gasteiger partial charge in [-0.2, -0.15) is 5.26 Å². The van der Waals surface area contributed by atoms with Crippen molar-refractivity contribution in [1.82, 2.24) is 0 Å². The summed E-state index contributed by atoms with van der Waals surface area (Å²) in [5.74, 6) is -1.52. The third-order valence-corrected chi connectivity index (χ3v) is 2.55. The first-order valence-electron chi connectivity index (χ1n) is 5.17. The van der Waals surface area contributed by atoms with Crippen LogP contribution in [0.25, 0.3) is 0 Å². The quantitative estimate of drug-likeness (QED) is 0.733. The number of Topliss-reactive ketones (excluding diaryl/α,β-unsaturated/α-hetero) is 1. The second-order valence-corrected chi connectivity index (χ2v) is 4.17.